The highest BCUT2D eigenvalue weighted by molar-refractivity contribution is 5.34. The maximum Gasteiger partial charge on any atom is 0.00957 e. The minimum atomic E-state index is 0.710. The zero-order valence-electron chi connectivity index (χ0n) is 13.0. The van der Waals surface area contributed by atoms with Crippen molar-refractivity contribution in [3.05, 3.63) is 34.9 Å². The lowest BCUT2D eigenvalue weighted by Gasteiger charge is -2.36. The van der Waals surface area contributed by atoms with Crippen LogP contribution in [0.1, 0.15) is 49.3 Å². The van der Waals surface area contributed by atoms with Crippen molar-refractivity contribution in [2.45, 2.75) is 58.9 Å². The molecule has 1 N–H and O–H groups in total. The third kappa shape index (κ3) is 3.39. The molecular weight excluding hydrogens is 230 g/mol. The van der Waals surface area contributed by atoms with Crippen molar-refractivity contribution in [2.75, 3.05) is 7.05 Å². The predicted molar refractivity (Wildman–Crippen MR) is 83.6 cm³/mol. The smallest absolute Gasteiger partial charge is 0.00957 e. The Kier molecular flexibility index (Phi) is 5.04. The van der Waals surface area contributed by atoms with Crippen molar-refractivity contribution in [1.82, 2.24) is 5.32 Å². The molecule has 19 heavy (non-hydrogen) atoms. The minimum Gasteiger partial charge on any atom is -0.317 e. The van der Waals surface area contributed by atoms with E-state index in [-0.39, 0.29) is 0 Å². The number of benzene rings is 1. The molecule has 0 aromatic heterocycles. The first-order chi connectivity index (χ1) is 9.15. The molecule has 1 nitrogen and oxygen atoms in total. The van der Waals surface area contributed by atoms with Gasteiger partial charge >= 0.3 is 0 Å². The molecule has 1 fully saturated rings. The first-order valence-electron chi connectivity index (χ1n) is 7.88. The summed E-state index contributed by atoms with van der Waals surface area (Å²) in [6.45, 7) is 6.87. The Bertz CT molecular complexity index is 390. The number of hydrogen-bond donors (Lipinski definition) is 1. The molecule has 106 valence electrons. The third-order valence-corrected chi connectivity index (χ3v) is 5.15. The van der Waals surface area contributed by atoms with Crippen molar-refractivity contribution < 1.29 is 0 Å². The molecule has 0 heterocycles. The molecule has 3 atom stereocenters. The van der Waals surface area contributed by atoms with Crippen LogP contribution in [0.2, 0.25) is 0 Å². The lowest BCUT2D eigenvalue weighted by Crippen LogP contribution is -2.39. The van der Waals surface area contributed by atoms with Gasteiger partial charge in [0, 0.05) is 6.04 Å². The normalized spacial score (nSPS) is 27.5. The second-order valence-corrected chi connectivity index (χ2v) is 6.32. The molecule has 1 aromatic rings. The van der Waals surface area contributed by atoms with Crippen LogP contribution in [0.25, 0.3) is 0 Å². The fraction of sp³-hybridized carbons (Fsp3) is 0.667. The van der Waals surface area contributed by atoms with Gasteiger partial charge in [-0.3, -0.25) is 0 Å². The van der Waals surface area contributed by atoms with E-state index in [9.17, 15) is 0 Å². The van der Waals surface area contributed by atoms with Crippen LogP contribution in [0.3, 0.4) is 0 Å². The van der Waals surface area contributed by atoms with Crippen LogP contribution in [0, 0.1) is 25.7 Å². The fourth-order valence-electron chi connectivity index (χ4n) is 3.77. The van der Waals surface area contributed by atoms with E-state index in [4.69, 9.17) is 0 Å². The highest BCUT2D eigenvalue weighted by Gasteiger charge is 2.29. The first-order valence-corrected chi connectivity index (χ1v) is 7.88. The van der Waals surface area contributed by atoms with E-state index in [0.717, 1.165) is 11.8 Å². The molecule has 0 spiro atoms. The molecule has 1 aliphatic carbocycles. The molecule has 2 rings (SSSR count). The average Bonchev–Trinajstić information content (AvgIpc) is 2.42. The van der Waals surface area contributed by atoms with E-state index >= 15 is 0 Å². The van der Waals surface area contributed by atoms with Crippen LogP contribution in [-0.2, 0) is 6.42 Å². The van der Waals surface area contributed by atoms with Crippen molar-refractivity contribution in [2.24, 2.45) is 11.8 Å². The molecule has 1 heteroatoms. The van der Waals surface area contributed by atoms with Gasteiger partial charge in [0.15, 0.2) is 0 Å². The average molecular weight is 259 g/mol. The van der Waals surface area contributed by atoms with Gasteiger partial charge in [-0.1, -0.05) is 31.5 Å². The lowest BCUT2D eigenvalue weighted by atomic mass is 9.74. The summed E-state index contributed by atoms with van der Waals surface area (Å²) in [5.74, 6) is 1.75. The zero-order chi connectivity index (χ0) is 13.8. The summed E-state index contributed by atoms with van der Waals surface area (Å²) in [6, 6.07) is 7.41. The second-order valence-electron chi connectivity index (χ2n) is 6.32. The zero-order valence-corrected chi connectivity index (χ0v) is 13.0. The summed E-state index contributed by atoms with van der Waals surface area (Å²) in [6.07, 6.45) is 6.76. The Morgan fingerprint density at radius 2 is 1.84 bits per heavy atom. The number of hydrogen-bond acceptors (Lipinski definition) is 1. The van der Waals surface area contributed by atoms with Crippen molar-refractivity contribution in [3.8, 4) is 0 Å². The van der Waals surface area contributed by atoms with E-state index in [0.29, 0.717) is 6.04 Å². The Labute approximate surface area is 118 Å². The molecule has 1 aromatic carbocycles. The monoisotopic (exact) mass is 259 g/mol. The highest BCUT2D eigenvalue weighted by atomic mass is 14.9. The van der Waals surface area contributed by atoms with Gasteiger partial charge < -0.3 is 5.32 Å². The SMILES string of the molecule is CCC1CCC(NC)C(Cc2c(C)cccc2C)C1. The summed E-state index contributed by atoms with van der Waals surface area (Å²) in [5.41, 5.74) is 4.52. The van der Waals surface area contributed by atoms with Gasteiger partial charge in [-0.2, -0.15) is 0 Å². The Morgan fingerprint density at radius 1 is 1.16 bits per heavy atom. The minimum absolute atomic E-state index is 0.710. The van der Waals surface area contributed by atoms with Gasteiger partial charge in [0.1, 0.15) is 0 Å². The summed E-state index contributed by atoms with van der Waals surface area (Å²) in [7, 11) is 2.13. The van der Waals surface area contributed by atoms with Gasteiger partial charge in [-0.25, -0.2) is 0 Å². The molecule has 0 radical (unpaired) electrons. The highest BCUT2D eigenvalue weighted by Crippen LogP contribution is 2.34. The summed E-state index contributed by atoms with van der Waals surface area (Å²) in [4.78, 5) is 0. The molecule has 0 amide bonds. The first kappa shape index (κ1) is 14.6. The van der Waals surface area contributed by atoms with Gasteiger partial charge in [-0.05, 0) is 75.1 Å². The Balaban J connectivity index is 2.14. The van der Waals surface area contributed by atoms with Gasteiger partial charge in [0.25, 0.3) is 0 Å². The maximum absolute atomic E-state index is 3.56. The van der Waals surface area contributed by atoms with Crippen LogP contribution in [-0.4, -0.2) is 13.1 Å². The molecular formula is C18H29N. The lowest BCUT2D eigenvalue weighted by molar-refractivity contribution is 0.205. The van der Waals surface area contributed by atoms with Gasteiger partial charge in [-0.15, -0.1) is 0 Å². The van der Waals surface area contributed by atoms with Crippen molar-refractivity contribution in [3.63, 3.8) is 0 Å². The Morgan fingerprint density at radius 3 is 2.42 bits per heavy atom. The molecule has 3 unspecified atom stereocenters. The summed E-state index contributed by atoms with van der Waals surface area (Å²) < 4.78 is 0. The van der Waals surface area contributed by atoms with Crippen LogP contribution >= 0.6 is 0 Å². The van der Waals surface area contributed by atoms with Crippen molar-refractivity contribution in [1.29, 1.82) is 0 Å². The fourth-order valence-corrected chi connectivity index (χ4v) is 3.77. The van der Waals surface area contributed by atoms with Crippen LogP contribution < -0.4 is 5.32 Å². The number of rotatable bonds is 4. The van der Waals surface area contributed by atoms with Gasteiger partial charge in [0.2, 0.25) is 0 Å². The quantitative estimate of drug-likeness (QED) is 0.852. The second kappa shape index (κ2) is 6.56. The maximum atomic E-state index is 3.56. The molecule has 0 saturated heterocycles. The third-order valence-electron chi connectivity index (χ3n) is 5.15. The summed E-state index contributed by atoms with van der Waals surface area (Å²) in [5, 5.41) is 3.56. The van der Waals surface area contributed by atoms with Crippen molar-refractivity contribution >= 4 is 0 Å². The Hall–Kier alpha value is -0.820. The number of aryl methyl sites for hydroxylation is 2. The van der Waals surface area contributed by atoms with E-state index in [2.05, 4.69) is 51.3 Å². The van der Waals surface area contributed by atoms with E-state index < -0.39 is 0 Å². The van der Waals surface area contributed by atoms with E-state index in [1.165, 1.54) is 43.2 Å². The van der Waals surface area contributed by atoms with E-state index in [1.54, 1.807) is 5.56 Å². The topological polar surface area (TPSA) is 12.0 Å². The molecule has 1 saturated carbocycles. The summed E-state index contributed by atoms with van der Waals surface area (Å²) >= 11 is 0. The number of nitrogens with one attached hydrogen (secondary N) is 1. The predicted octanol–water partition coefficient (Wildman–Crippen LogP) is 4.26. The van der Waals surface area contributed by atoms with Crippen LogP contribution in [0.4, 0.5) is 0 Å². The van der Waals surface area contributed by atoms with E-state index in [1.807, 2.05) is 0 Å². The van der Waals surface area contributed by atoms with Gasteiger partial charge in [0.05, 0.1) is 0 Å². The largest absolute Gasteiger partial charge is 0.317 e. The van der Waals surface area contributed by atoms with Crippen LogP contribution in [0.5, 0.6) is 0 Å². The molecule has 0 aliphatic heterocycles. The molecule has 0 bridgehead atoms. The van der Waals surface area contributed by atoms with Crippen LogP contribution in [0.15, 0.2) is 18.2 Å². The molecule has 1 aliphatic rings. The standard InChI is InChI=1S/C18H29N/c1-5-15-9-10-18(19-4)16(11-15)12-17-13(2)7-6-8-14(17)3/h6-8,15-16,18-19H,5,9-12H2,1-4H3.